The molecule has 11 rings (SSSR count). The van der Waals surface area contributed by atoms with Crippen LogP contribution in [0.15, 0.2) is 255 Å². The maximum Gasteiger partial charge on any atom is 0.0619 e. The second-order valence-corrected chi connectivity index (χ2v) is 15.8. The molecule has 0 aliphatic heterocycles. The van der Waals surface area contributed by atoms with Crippen LogP contribution in [0.5, 0.6) is 0 Å². The molecular formula is C60H42N2. The van der Waals surface area contributed by atoms with Gasteiger partial charge in [-0.3, -0.25) is 0 Å². The van der Waals surface area contributed by atoms with Gasteiger partial charge in [-0.15, -0.1) is 0 Å². The van der Waals surface area contributed by atoms with Gasteiger partial charge in [0.2, 0.25) is 0 Å². The van der Waals surface area contributed by atoms with Crippen molar-refractivity contribution in [2.75, 3.05) is 4.90 Å². The summed E-state index contributed by atoms with van der Waals surface area (Å²) < 4.78 is 2.44. The third-order valence-corrected chi connectivity index (χ3v) is 12.0. The molecule has 11 aromatic rings. The number of rotatable bonds is 9. The first-order chi connectivity index (χ1) is 30.7. The predicted octanol–water partition coefficient (Wildman–Crippen LogP) is 16.6. The van der Waals surface area contributed by atoms with E-state index in [9.17, 15) is 0 Å². The van der Waals surface area contributed by atoms with Crippen LogP contribution in [0.1, 0.15) is 0 Å². The smallest absolute Gasteiger partial charge is 0.0619 e. The quantitative estimate of drug-likeness (QED) is 0.141. The van der Waals surface area contributed by atoms with Crippen molar-refractivity contribution < 1.29 is 0 Å². The lowest BCUT2D eigenvalue weighted by Gasteiger charge is -2.26. The molecule has 0 aliphatic rings. The number of nitrogens with zero attached hydrogens (tertiary/aromatic N) is 2. The van der Waals surface area contributed by atoms with Gasteiger partial charge in [0.25, 0.3) is 0 Å². The van der Waals surface area contributed by atoms with Crippen LogP contribution < -0.4 is 4.90 Å². The predicted molar refractivity (Wildman–Crippen MR) is 263 cm³/mol. The highest BCUT2D eigenvalue weighted by Crippen LogP contribution is 2.42. The van der Waals surface area contributed by atoms with Crippen molar-refractivity contribution >= 4 is 38.9 Å². The molecule has 0 N–H and O–H groups in total. The summed E-state index contributed by atoms with van der Waals surface area (Å²) in [4.78, 5) is 2.34. The van der Waals surface area contributed by atoms with Gasteiger partial charge in [0.05, 0.1) is 11.0 Å². The second-order valence-electron chi connectivity index (χ2n) is 15.8. The van der Waals surface area contributed by atoms with E-state index in [4.69, 9.17) is 0 Å². The first kappa shape index (κ1) is 36.8. The van der Waals surface area contributed by atoms with Crippen LogP contribution >= 0.6 is 0 Å². The first-order valence-electron chi connectivity index (χ1n) is 21.3. The van der Waals surface area contributed by atoms with E-state index in [1.165, 1.54) is 77.4 Å². The van der Waals surface area contributed by atoms with E-state index >= 15 is 0 Å². The number of fused-ring (bicyclic) bond motifs is 3. The SMILES string of the molecule is c1ccc(-c2ccc(N(c3ccc(-c4ccccc4)cc3)c3ccc(-c4ccc(-n5c6ccccc6c6cc(-c7ccccc7)cc(-c7ccccc7)c65)cc4)cc3)cc2)cc1. The number of benzene rings is 10. The highest BCUT2D eigenvalue weighted by atomic mass is 15.1. The molecule has 0 fully saturated rings. The van der Waals surface area contributed by atoms with Crippen molar-refractivity contribution in [3.63, 3.8) is 0 Å². The van der Waals surface area contributed by atoms with E-state index in [1.54, 1.807) is 0 Å². The molecule has 2 heteroatoms. The highest BCUT2D eigenvalue weighted by molar-refractivity contribution is 6.15. The fourth-order valence-corrected chi connectivity index (χ4v) is 8.92. The molecule has 1 heterocycles. The Morgan fingerprint density at radius 1 is 0.258 bits per heavy atom. The molecule has 10 aromatic carbocycles. The van der Waals surface area contributed by atoms with Crippen molar-refractivity contribution in [1.82, 2.24) is 4.57 Å². The molecule has 0 saturated carbocycles. The van der Waals surface area contributed by atoms with Crippen LogP contribution in [-0.2, 0) is 0 Å². The molecule has 0 radical (unpaired) electrons. The minimum Gasteiger partial charge on any atom is -0.311 e. The Hall–Kier alpha value is -8.20. The zero-order valence-electron chi connectivity index (χ0n) is 34.1. The van der Waals surface area contributed by atoms with Gasteiger partial charge in [0.1, 0.15) is 0 Å². The summed E-state index contributed by atoms with van der Waals surface area (Å²) in [5.41, 5.74) is 18.8. The molecule has 0 spiro atoms. The van der Waals surface area contributed by atoms with E-state index in [0.29, 0.717) is 0 Å². The van der Waals surface area contributed by atoms with Crippen molar-refractivity contribution in [3.8, 4) is 61.3 Å². The van der Waals surface area contributed by atoms with Gasteiger partial charge in [0, 0.05) is 39.1 Å². The van der Waals surface area contributed by atoms with E-state index in [0.717, 1.165) is 22.7 Å². The van der Waals surface area contributed by atoms with Crippen LogP contribution in [0.3, 0.4) is 0 Å². The van der Waals surface area contributed by atoms with Gasteiger partial charge in [0.15, 0.2) is 0 Å². The molecule has 0 aliphatic carbocycles. The zero-order valence-corrected chi connectivity index (χ0v) is 34.1. The summed E-state index contributed by atoms with van der Waals surface area (Å²) in [7, 11) is 0. The van der Waals surface area contributed by atoms with Gasteiger partial charge in [-0.1, -0.05) is 188 Å². The van der Waals surface area contributed by atoms with Gasteiger partial charge in [-0.05, 0) is 117 Å². The van der Waals surface area contributed by atoms with Crippen LogP contribution in [0.4, 0.5) is 17.1 Å². The van der Waals surface area contributed by atoms with E-state index in [-0.39, 0.29) is 0 Å². The summed E-state index contributed by atoms with van der Waals surface area (Å²) in [5.74, 6) is 0. The number of anilines is 3. The normalized spacial score (nSPS) is 11.2. The third-order valence-electron chi connectivity index (χ3n) is 12.0. The van der Waals surface area contributed by atoms with E-state index in [1.807, 2.05) is 0 Å². The van der Waals surface area contributed by atoms with Crippen LogP contribution in [0, 0.1) is 0 Å². The van der Waals surface area contributed by atoms with Crippen molar-refractivity contribution in [2.45, 2.75) is 0 Å². The Balaban J connectivity index is 0.965. The maximum atomic E-state index is 2.44. The minimum absolute atomic E-state index is 1.10. The Kier molecular flexibility index (Phi) is 9.57. The fourth-order valence-electron chi connectivity index (χ4n) is 8.92. The van der Waals surface area contributed by atoms with Gasteiger partial charge in [-0.2, -0.15) is 0 Å². The van der Waals surface area contributed by atoms with Gasteiger partial charge >= 0.3 is 0 Å². The topological polar surface area (TPSA) is 8.17 Å². The summed E-state index contributed by atoms with van der Waals surface area (Å²) >= 11 is 0. The largest absolute Gasteiger partial charge is 0.311 e. The van der Waals surface area contributed by atoms with Crippen LogP contribution in [0.2, 0.25) is 0 Å². The molecule has 0 unspecified atom stereocenters. The lowest BCUT2D eigenvalue weighted by molar-refractivity contribution is 1.18. The zero-order chi connectivity index (χ0) is 41.2. The first-order valence-corrected chi connectivity index (χ1v) is 21.3. The molecule has 2 nitrogen and oxygen atoms in total. The number of hydrogen-bond acceptors (Lipinski definition) is 1. The Morgan fingerprint density at radius 3 is 1.06 bits per heavy atom. The molecule has 1 aromatic heterocycles. The summed E-state index contributed by atoms with van der Waals surface area (Å²) in [6, 6.07) is 91.9. The standard InChI is InChI=1S/C60H42N2/c1-5-15-43(16-6-1)46-25-33-52(34-26-46)61(53-35-27-47(28-36-53)44-17-7-2-8-18-44)54-37-29-48(30-38-54)49-31-39-55(40-32-49)62-59-24-14-13-23-56(59)58-42-51(45-19-9-3-10-20-45)41-57(60(58)62)50-21-11-4-12-22-50/h1-42H. The van der Waals surface area contributed by atoms with Crippen LogP contribution in [0.25, 0.3) is 83.1 Å². The fraction of sp³-hybridized carbons (Fsp3) is 0. The van der Waals surface area contributed by atoms with Gasteiger partial charge < -0.3 is 9.47 Å². The summed E-state index contributed by atoms with van der Waals surface area (Å²) in [6.07, 6.45) is 0. The summed E-state index contributed by atoms with van der Waals surface area (Å²) in [5, 5.41) is 2.49. The number of aromatic nitrogens is 1. The molecule has 0 saturated heterocycles. The summed E-state index contributed by atoms with van der Waals surface area (Å²) in [6.45, 7) is 0. The minimum atomic E-state index is 1.10. The Bertz CT molecular complexity index is 3180. The molecule has 0 atom stereocenters. The van der Waals surface area contributed by atoms with Crippen molar-refractivity contribution in [2.24, 2.45) is 0 Å². The Labute approximate surface area is 362 Å². The lowest BCUT2D eigenvalue weighted by atomic mass is 9.95. The average Bonchev–Trinajstić information content (AvgIpc) is 3.70. The van der Waals surface area contributed by atoms with Crippen molar-refractivity contribution in [3.05, 3.63) is 255 Å². The third kappa shape index (κ3) is 6.94. The number of hydrogen-bond donors (Lipinski definition) is 0. The molecule has 0 amide bonds. The monoisotopic (exact) mass is 790 g/mol. The van der Waals surface area contributed by atoms with E-state index < -0.39 is 0 Å². The number of para-hydroxylation sites is 1. The lowest BCUT2D eigenvalue weighted by Crippen LogP contribution is -2.09. The Morgan fingerprint density at radius 2 is 0.613 bits per heavy atom. The maximum absolute atomic E-state index is 2.44. The van der Waals surface area contributed by atoms with Gasteiger partial charge in [-0.25, -0.2) is 0 Å². The van der Waals surface area contributed by atoms with Crippen LogP contribution in [-0.4, -0.2) is 4.57 Å². The highest BCUT2D eigenvalue weighted by Gasteiger charge is 2.19. The molecule has 62 heavy (non-hydrogen) atoms. The second kappa shape index (κ2) is 16.1. The van der Waals surface area contributed by atoms with Crippen molar-refractivity contribution in [1.29, 1.82) is 0 Å². The molecule has 292 valence electrons. The average molecular weight is 791 g/mol. The molecule has 0 bridgehead atoms. The molecular weight excluding hydrogens is 749 g/mol. The van der Waals surface area contributed by atoms with E-state index in [2.05, 4.69) is 264 Å².